The first kappa shape index (κ1) is 14.4. The Morgan fingerprint density at radius 2 is 2.35 bits per heavy atom. The van der Waals surface area contributed by atoms with Crippen LogP contribution in [0.15, 0.2) is 18.2 Å². The number of nitrogens with one attached hydrogen (secondary N) is 2. The number of aryl methyl sites for hydroxylation is 1. The van der Waals surface area contributed by atoms with Gasteiger partial charge in [0.05, 0.1) is 23.7 Å². The molecule has 0 aliphatic rings. The maximum absolute atomic E-state index is 13.6. The van der Waals surface area contributed by atoms with Gasteiger partial charge in [0, 0.05) is 10.6 Å². The third-order valence-corrected chi connectivity index (χ3v) is 3.95. The molecule has 0 spiro atoms. The number of hydrogen-bond donors (Lipinski definition) is 2. The second-order valence-corrected chi connectivity index (χ2v) is 5.87. The minimum atomic E-state index is -0.629. The lowest BCUT2D eigenvalue weighted by Crippen LogP contribution is -2.15. The molecule has 0 aliphatic carbocycles. The number of aromatic amines is 1. The van der Waals surface area contributed by atoms with E-state index >= 15 is 0 Å². The minimum Gasteiger partial charge on any atom is -0.341 e. The van der Waals surface area contributed by atoms with Gasteiger partial charge in [-0.1, -0.05) is 0 Å². The molecule has 2 aromatic rings. The average molecular weight is 307 g/mol. The lowest BCUT2D eigenvalue weighted by atomic mass is 10.2. The Balaban J connectivity index is 2.11. The molecule has 0 radical (unpaired) electrons. The summed E-state index contributed by atoms with van der Waals surface area (Å²) in [6.45, 7) is 1.83. The van der Waals surface area contributed by atoms with Gasteiger partial charge in [-0.3, -0.25) is 4.79 Å². The molecule has 1 aromatic carbocycles. The zero-order valence-corrected chi connectivity index (χ0v) is 12.1. The fourth-order valence-electron chi connectivity index (χ4n) is 1.63. The second kappa shape index (κ2) is 5.94. The number of hydrogen-bond acceptors (Lipinski definition) is 4. The predicted octanol–water partition coefficient (Wildman–Crippen LogP) is 3.31. The van der Waals surface area contributed by atoms with Crippen molar-refractivity contribution in [2.45, 2.75) is 13.3 Å². The Morgan fingerprint density at radius 3 is 2.90 bits per heavy atom. The van der Waals surface area contributed by atoms with Gasteiger partial charge in [0.25, 0.3) is 0 Å². The van der Waals surface area contributed by atoms with Gasteiger partial charge < -0.3 is 10.3 Å². The summed E-state index contributed by atoms with van der Waals surface area (Å²) in [6.07, 6.45) is 0.128. The van der Waals surface area contributed by atoms with Crippen molar-refractivity contribution in [3.63, 3.8) is 0 Å². The Labute approximate surface area is 123 Å². The number of carbonyl (C=O) groups is 1. The number of amides is 1. The van der Waals surface area contributed by atoms with E-state index in [2.05, 4.69) is 10.3 Å². The van der Waals surface area contributed by atoms with Gasteiger partial charge in [-0.2, -0.15) is 5.26 Å². The lowest BCUT2D eigenvalue weighted by Gasteiger charge is -2.06. The van der Waals surface area contributed by atoms with E-state index < -0.39 is 5.82 Å². The van der Waals surface area contributed by atoms with E-state index in [1.165, 1.54) is 23.5 Å². The number of nitrogens with zero attached hydrogens (tertiary/aromatic N) is 1. The zero-order chi connectivity index (χ0) is 14.7. The summed E-state index contributed by atoms with van der Waals surface area (Å²) >= 11 is 6.32. The van der Waals surface area contributed by atoms with Gasteiger partial charge in [0.15, 0.2) is 3.95 Å². The second-order valence-electron chi connectivity index (χ2n) is 4.09. The fourth-order valence-corrected chi connectivity index (χ4v) is 2.92. The van der Waals surface area contributed by atoms with E-state index in [0.29, 0.717) is 3.95 Å². The zero-order valence-electron chi connectivity index (χ0n) is 10.5. The molecule has 2 N–H and O–H groups in total. The van der Waals surface area contributed by atoms with Crippen molar-refractivity contribution in [2.24, 2.45) is 0 Å². The van der Waals surface area contributed by atoms with Crippen molar-refractivity contribution < 1.29 is 9.18 Å². The number of rotatable bonds is 3. The van der Waals surface area contributed by atoms with Crippen molar-refractivity contribution in [2.75, 3.05) is 5.32 Å². The Morgan fingerprint density at radius 1 is 1.60 bits per heavy atom. The van der Waals surface area contributed by atoms with Crippen LogP contribution >= 0.6 is 23.6 Å². The summed E-state index contributed by atoms with van der Waals surface area (Å²) < 4.78 is 14.2. The Hall–Kier alpha value is -2.04. The summed E-state index contributed by atoms with van der Waals surface area (Å²) in [6, 6.07) is 5.74. The van der Waals surface area contributed by atoms with Gasteiger partial charge >= 0.3 is 0 Å². The highest BCUT2D eigenvalue weighted by atomic mass is 32.1. The molecule has 7 heteroatoms. The number of nitriles is 1. The van der Waals surface area contributed by atoms with Crippen molar-refractivity contribution >= 4 is 35.1 Å². The van der Waals surface area contributed by atoms with Crippen molar-refractivity contribution in [1.82, 2.24) is 4.98 Å². The van der Waals surface area contributed by atoms with E-state index in [1.54, 1.807) is 0 Å². The van der Waals surface area contributed by atoms with Crippen molar-refractivity contribution in [1.29, 1.82) is 5.26 Å². The maximum atomic E-state index is 13.6. The molecule has 1 amide bonds. The van der Waals surface area contributed by atoms with Crippen LogP contribution in [0.1, 0.15) is 16.1 Å². The van der Waals surface area contributed by atoms with E-state index in [0.717, 1.165) is 16.6 Å². The summed E-state index contributed by atoms with van der Waals surface area (Å²) in [7, 11) is 0. The standard InChI is InChI=1S/C13H10FN3OS2/c1-7-11(20-13(19)16-7)5-12(18)17-10-3-2-8(6-15)4-9(10)14/h2-4H,5H2,1H3,(H,16,19)(H,17,18). The maximum Gasteiger partial charge on any atom is 0.229 e. The quantitative estimate of drug-likeness (QED) is 0.855. The molecule has 4 nitrogen and oxygen atoms in total. The van der Waals surface area contributed by atoms with Crippen LogP contribution in [-0.4, -0.2) is 10.9 Å². The van der Waals surface area contributed by atoms with Gasteiger partial charge in [-0.05, 0) is 37.3 Å². The number of H-pyrrole nitrogens is 1. The van der Waals surface area contributed by atoms with Crippen LogP contribution in [0.25, 0.3) is 0 Å². The third kappa shape index (κ3) is 3.29. The average Bonchev–Trinajstić information content (AvgIpc) is 2.70. The molecule has 0 bridgehead atoms. The highest BCUT2D eigenvalue weighted by Gasteiger charge is 2.11. The molecule has 0 saturated carbocycles. The largest absolute Gasteiger partial charge is 0.341 e. The number of anilines is 1. The van der Waals surface area contributed by atoms with Crippen LogP contribution < -0.4 is 5.32 Å². The van der Waals surface area contributed by atoms with Crippen LogP contribution in [-0.2, 0) is 11.2 Å². The molecule has 0 unspecified atom stereocenters. The lowest BCUT2D eigenvalue weighted by molar-refractivity contribution is -0.115. The number of thiazole rings is 1. The van der Waals surface area contributed by atoms with Crippen LogP contribution in [0.4, 0.5) is 10.1 Å². The SMILES string of the molecule is Cc1[nH]c(=S)sc1CC(=O)Nc1ccc(C#N)cc1F. The van der Waals surface area contributed by atoms with Crippen LogP contribution in [0.3, 0.4) is 0 Å². The first-order valence-corrected chi connectivity index (χ1v) is 6.90. The summed E-state index contributed by atoms with van der Waals surface area (Å²) in [5.41, 5.74) is 1.11. The van der Waals surface area contributed by atoms with E-state index in [-0.39, 0.29) is 23.6 Å². The van der Waals surface area contributed by atoms with E-state index in [1.807, 2.05) is 13.0 Å². The topological polar surface area (TPSA) is 68.7 Å². The fraction of sp³-hybridized carbons (Fsp3) is 0.154. The van der Waals surface area contributed by atoms with E-state index in [4.69, 9.17) is 17.5 Å². The Bertz CT molecular complexity index is 758. The summed E-state index contributed by atoms with van der Waals surface area (Å²) in [4.78, 5) is 15.6. The normalized spacial score (nSPS) is 10.1. The number of aromatic nitrogens is 1. The Kier molecular flexibility index (Phi) is 4.27. The molecule has 0 saturated heterocycles. The highest BCUT2D eigenvalue weighted by molar-refractivity contribution is 7.73. The molecule has 0 fully saturated rings. The number of benzene rings is 1. The van der Waals surface area contributed by atoms with Crippen LogP contribution in [0.2, 0.25) is 0 Å². The molecule has 0 atom stereocenters. The summed E-state index contributed by atoms with van der Waals surface area (Å²) in [5.74, 6) is -0.960. The predicted molar refractivity (Wildman–Crippen MR) is 77.7 cm³/mol. The van der Waals surface area contributed by atoms with Crippen LogP contribution in [0.5, 0.6) is 0 Å². The molecule has 20 heavy (non-hydrogen) atoms. The third-order valence-electron chi connectivity index (χ3n) is 2.62. The first-order chi connectivity index (χ1) is 9.49. The van der Waals surface area contributed by atoms with Crippen molar-refractivity contribution in [3.05, 3.63) is 44.1 Å². The highest BCUT2D eigenvalue weighted by Crippen LogP contribution is 2.18. The monoisotopic (exact) mass is 307 g/mol. The molecule has 1 aromatic heterocycles. The first-order valence-electron chi connectivity index (χ1n) is 5.67. The van der Waals surface area contributed by atoms with Gasteiger partial charge in [0.1, 0.15) is 5.82 Å². The van der Waals surface area contributed by atoms with Gasteiger partial charge in [-0.25, -0.2) is 4.39 Å². The van der Waals surface area contributed by atoms with Gasteiger partial charge in [-0.15, -0.1) is 11.3 Å². The summed E-state index contributed by atoms with van der Waals surface area (Å²) in [5, 5.41) is 11.1. The number of carbonyl (C=O) groups excluding carboxylic acids is 1. The van der Waals surface area contributed by atoms with E-state index in [9.17, 15) is 9.18 Å². The molecular weight excluding hydrogens is 297 g/mol. The van der Waals surface area contributed by atoms with Crippen LogP contribution in [0, 0.1) is 28.0 Å². The molecule has 1 heterocycles. The smallest absolute Gasteiger partial charge is 0.229 e. The molecule has 102 valence electrons. The van der Waals surface area contributed by atoms with Gasteiger partial charge in [0.2, 0.25) is 5.91 Å². The molecular formula is C13H10FN3OS2. The molecule has 0 aliphatic heterocycles. The minimum absolute atomic E-state index is 0.0609. The number of halogens is 1. The van der Waals surface area contributed by atoms with Crippen molar-refractivity contribution in [3.8, 4) is 6.07 Å². The molecule has 2 rings (SSSR count).